The van der Waals surface area contributed by atoms with Crippen LogP contribution in [0.1, 0.15) is 46.0 Å². The van der Waals surface area contributed by atoms with Crippen LogP contribution < -0.4 is 0 Å². The van der Waals surface area contributed by atoms with E-state index in [0.29, 0.717) is 12.8 Å². The average Bonchev–Trinajstić information content (AvgIpc) is 1.97. The van der Waals surface area contributed by atoms with Crippen molar-refractivity contribution < 1.29 is 8.78 Å². The Bertz CT molecular complexity index is 81.6. The summed E-state index contributed by atoms with van der Waals surface area (Å²) in [5, 5.41) is 0. The minimum atomic E-state index is -2.11. The van der Waals surface area contributed by atoms with Gasteiger partial charge in [-0.1, -0.05) is 33.1 Å². The van der Waals surface area contributed by atoms with Gasteiger partial charge in [-0.3, -0.25) is 0 Å². The number of hydrogen-bond acceptors (Lipinski definition) is 0. The van der Waals surface area contributed by atoms with Crippen molar-refractivity contribution in [3.05, 3.63) is 0 Å². The summed E-state index contributed by atoms with van der Waals surface area (Å²) < 4.78 is 24.3. The van der Waals surface area contributed by atoms with E-state index in [-0.39, 0.29) is 5.92 Å². The molecule has 0 aromatic carbocycles. The second-order valence-corrected chi connectivity index (χ2v) is 3.00. The van der Waals surface area contributed by atoms with Crippen LogP contribution in [-0.4, -0.2) is 6.43 Å². The Kier molecular flexibility index (Phi) is 6.48. The van der Waals surface area contributed by atoms with E-state index < -0.39 is 6.43 Å². The molecule has 0 heterocycles. The van der Waals surface area contributed by atoms with Crippen molar-refractivity contribution in [3.8, 4) is 0 Å². The first-order chi connectivity index (χ1) is 5.22. The van der Waals surface area contributed by atoms with Crippen molar-refractivity contribution >= 4 is 0 Å². The first-order valence-electron chi connectivity index (χ1n) is 4.50. The zero-order valence-corrected chi connectivity index (χ0v) is 7.45. The standard InChI is InChI=1S/C9H18F2/c1-3-5-6-7-8(4-2)9(10)11/h8-9H,3-7H2,1-2H3. The van der Waals surface area contributed by atoms with Gasteiger partial charge in [0, 0.05) is 5.92 Å². The van der Waals surface area contributed by atoms with Crippen LogP contribution in [0.25, 0.3) is 0 Å². The van der Waals surface area contributed by atoms with E-state index in [1.54, 1.807) is 0 Å². The van der Waals surface area contributed by atoms with Crippen molar-refractivity contribution in [1.29, 1.82) is 0 Å². The topological polar surface area (TPSA) is 0 Å². The number of halogens is 2. The lowest BCUT2D eigenvalue weighted by molar-refractivity contribution is 0.0687. The molecule has 11 heavy (non-hydrogen) atoms. The van der Waals surface area contributed by atoms with Crippen LogP contribution in [0.3, 0.4) is 0 Å². The Balaban J connectivity index is 3.36. The van der Waals surface area contributed by atoms with Crippen LogP contribution >= 0.6 is 0 Å². The molecule has 2 heteroatoms. The molecule has 0 aliphatic rings. The summed E-state index contributed by atoms with van der Waals surface area (Å²) >= 11 is 0. The van der Waals surface area contributed by atoms with Crippen molar-refractivity contribution in [2.24, 2.45) is 5.92 Å². The van der Waals surface area contributed by atoms with E-state index in [1.807, 2.05) is 6.92 Å². The van der Waals surface area contributed by atoms with Gasteiger partial charge in [-0.15, -0.1) is 0 Å². The van der Waals surface area contributed by atoms with Crippen LogP contribution in [0.2, 0.25) is 0 Å². The molecule has 0 aromatic rings. The summed E-state index contributed by atoms with van der Waals surface area (Å²) in [5.74, 6) is -0.360. The molecule has 0 radical (unpaired) electrons. The molecule has 0 nitrogen and oxygen atoms in total. The van der Waals surface area contributed by atoms with E-state index in [1.165, 1.54) is 0 Å². The summed E-state index contributed by atoms with van der Waals surface area (Å²) in [5.41, 5.74) is 0. The Morgan fingerprint density at radius 3 is 2.09 bits per heavy atom. The molecule has 0 N–H and O–H groups in total. The van der Waals surface area contributed by atoms with E-state index in [4.69, 9.17) is 0 Å². The largest absolute Gasteiger partial charge is 0.241 e. The summed E-state index contributed by atoms with van der Waals surface area (Å²) in [6.07, 6.45) is 2.35. The highest BCUT2D eigenvalue weighted by Crippen LogP contribution is 2.20. The van der Waals surface area contributed by atoms with Gasteiger partial charge in [0.15, 0.2) is 0 Å². The predicted molar refractivity (Wildman–Crippen MR) is 43.9 cm³/mol. The maximum absolute atomic E-state index is 12.1. The highest BCUT2D eigenvalue weighted by Gasteiger charge is 2.16. The molecule has 0 saturated carbocycles. The normalized spacial score (nSPS) is 13.9. The van der Waals surface area contributed by atoms with Crippen molar-refractivity contribution in [3.63, 3.8) is 0 Å². The fraction of sp³-hybridized carbons (Fsp3) is 1.00. The number of unbranched alkanes of at least 4 members (excludes halogenated alkanes) is 2. The molecule has 0 aliphatic carbocycles. The molecule has 0 rings (SSSR count). The van der Waals surface area contributed by atoms with Crippen molar-refractivity contribution in [1.82, 2.24) is 0 Å². The van der Waals surface area contributed by atoms with Gasteiger partial charge in [0.05, 0.1) is 0 Å². The molecule has 0 aliphatic heterocycles. The Morgan fingerprint density at radius 1 is 1.09 bits per heavy atom. The lowest BCUT2D eigenvalue weighted by atomic mass is 9.99. The molecule has 0 saturated heterocycles. The molecule has 0 amide bonds. The van der Waals surface area contributed by atoms with Gasteiger partial charge in [0.25, 0.3) is 0 Å². The maximum atomic E-state index is 12.1. The molecule has 1 unspecified atom stereocenters. The lowest BCUT2D eigenvalue weighted by Gasteiger charge is -2.12. The fourth-order valence-electron chi connectivity index (χ4n) is 1.16. The summed E-state index contributed by atoms with van der Waals surface area (Å²) in [4.78, 5) is 0. The molecule has 0 spiro atoms. The minimum absolute atomic E-state index is 0.360. The van der Waals surface area contributed by atoms with Crippen LogP contribution in [0, 0.1) is 5.92 Å². The van der Waals surface area contributed by atoms with E-state index >= 15 is 0 Å². The molecule has 68 valence electrons. The van der Waals surface area contributed by atoms with Crippen LogP contribution in [0.5, 0.6) is 0 Å². The smallest absolute Gasteiger partial charge is 0.210 e. The van der Waals surface area contributed by atoms with E-state index in [0.717, 1.165) is 19.3 Å². The van der Waals surface area contributed by atoms with Crippen LogP contribution in [-0.2, 0) is 0 Å². The Hall–Kier alpha value is -0.140. The van der Waals surface area contributed by atoms with Crippen LogP contribution in [0.4, 0.5) is 8.78 Å². The number of rotatable bonds is 6. The quantitative estimate of drug-likeness (QED) is 0.523. The van der Waals surface area contributed by atoms with E-state index in [2.05, 4.69) is 6.92 Å². The second-order valence-electron chi connectivity index (χ2n) is 3.00. The average molecular weight is 164 g/mol. The second kappa shape index (κ2) is 6.56. The van der Waals surface area contributed by atoms with Gasteiger partial charge in [-0.05, 0) is 12.8 Å². The summed E-state index contributed by atoms with van der Waals surface area (Å²) in [6.45, 7) is 3.92. The first-order valence-corrected chi connectivity index (χ1v) is 4.50. The minimum Gasteiger partial charge on any atom is -0.210 e. The third-order valence-corrected chi connectivity index (χ3v) is 2.06. The van der Waals surface area contributed by atoms with Gasteiger partial charge < -0.3 is 0 Å². The van der Waals surface area contributed by atoms with Crippen LogP contribution in [0.15, 0.2) is 0 Å². The van der Waals surface area contributed by atoms with Gasteiger partial charge in [-0.2, -0.15) is 0 Å². The fourth-order valence-corrected chi connectivity index (χ4v) is 1.16. The molecule has 0 bridgehead atoms. The summed E-state index contributed by atoms with van der Waals surface area (Å²) in [6, 6.07) is 0. The summed E-state index contributed by atoms with van der Waals surface area (Å²) in [7, 11) is 0. The Morgan fingerprint density at radius 2 is 1.73 bits per heavy atom. The maximum Gasteiger partial charge on any atom is 0.241 e. The zero-order valence-electron chi connectivity index (χ0n) is 7.45. The molecule has 0 fully saturated rings. The highest BCUT2D eigenvalue weighted by molar-refractivity contribution is 4.59. The van der Waals surface area contributed by atoms with E-state index in [9.17, 15) is 8.78 Å². The van der Waals surface area contributed by atoms with Gasteiger partial charge in [0.2, 0.25) is 6.43 Å². The van der Waals surface area contributed by atoms with Gasteiger partial charge >= 0.3 is 0 Å². The molecular weight excluding hydrogens is 146 g/mol. The third kappa shape index (κ3) is 5.16. The molecule has 0 aromatic heterocycles. The first kappa shape index (κ1) is 10.9. The SMILES string of the molecule is CCCCCC(CC)C(F)F. The van der Waals surface area contributed by atoms with Crippen molar-refractivity contribution in [2.75, 3.05) is 0 Å². The van der Waals surface area contributed by atoms with Gasteiger partial charge in [0.1, 0.15) is 0 Å². The Labute approximate surface area is 68.0 Å². The molecular formula is C9H18F2. The molecule has 1 atom stereocenters. The number of alkyl halides is 2. The lowest BCUT2D eigenvalue weighted by Crippen LogP contribution is -2.09. The number of hydrogen-bond donors (Lipinski definition) is 0. The predicted octanol–water partition coefficient (Wildman–Crippen LogP) is 3.86. The highest BCUT2D eigenvalue weighted by atomic mass is 19.3. The monoisotopic (exact) mass is 164 g/mol. The third-order valence-electron chi connectivity index (χ3n) is 2.06. The van der Waals surface area contributed by atoms with Gasteiger partial charge in [-0.25, -0.2) is 8.78 Å². The zero-order chi connectivity index (χ0) is 8.69. The van der Waals surface area contributed by atoms with Crippen molar-refractivity contribution in [2.45, 2.75) is 52.4 Å².